The summed E-state index contributed by atoms with van der Waals surface area (Å²) in [4.78, 5) is 9.50. The number of nitrogens with one attached hydrogen (secondary N) is 2. The van der Waals surface area contributed by atoms with Crippen molar-refractivity contribution in [3.05, 3.63) is 41.3 Å². The van der Waals surface area contributed by atoms with Crippen molar-refractivity contribution in [2.75, 3.05) is 18.5 Å². The van der Waals surface area contributed by atoms with Crippen LogP contribution in [0, 0.1) is 11.3 Å². The highest BCUT2D eigenvalue weighted by atomic mass is 35.5. The van der Waals surface area contributed by atoms with Crippen molar-refractivity contribution >= 4 is 28.3 Å². The Morgan fingerprint density at radius 1 is 1.26 bits per heavy atom. The molecule has 3 aromatic heterocycles. The minimum Gasteiger partial charge on any atom is -0.381 e. The van der Waals surface area contributed by atoms with Crippen LogP contribution in [0.4, 0.5) is 5.82 Å². The molecule has 4 aromatic rings. The molecule has 1 aromatic carbocycles. The maximum absolute atomic E-state index is 9.80. The van der Waals surface area contributed by atoms with Gasteiger partial charge in [0.1, 0.15) is 23.2 Å². The highest BCUT2D eigenvalue weighted by molar-refractivity contribution is 6.35. The molecular formula is C21H19ClN8O. The first-order valence-corrected chi connectivity index (χ1v) is 10.3. The molecular weight excluding hydrogens is 416 g/mol. The summed E-state index contributed by atoms with van der Waals surface area (Å²) in [6.07, 6.45) is 5.24. The molecule has 10 heteroatoms. The lowest BCUT2D eigenvalue weighted by Gasteiger charge is -2.24. The molecule has 156 valence electrons. The summed E-state index contributed by atoms with van der Waals surface area (Å²) in [5.74, 6) is 0.453. The number of hydrogen-bond acceptors (Lipinski definition) is 7. The van der Waals surface area contributed by atoms with E-state index in [2.05, 4.69) is 31.7 Å². The van der Waals surface area contributed by atoms with Gasteiger partial charge in [0.2, 0.25) is 0 Å². The first kappa shape index (κ1) is 19.5. The Balaban J connectivity index is 1.68. The third-order valence-corrected chi connectivity index (χ3v) is 5.59. The van der Waals surface area contributed by atoms with Crippen molar-refractivity contribution in [2.24, 2.45) is 7.05 Å². The highest BCUT2D eigenvalue weighted by Crippen LogP contribution is 2.35. The minimum absolute atomic E-state index is 0.175. The quantitative estimate of drug-likeness (QED) is 0.504. The number of H-pyrrole nitrogens is 1. The lowest BCUT2D eigenvalue weighted by Crippen LogP contribution is -2.29. The van der Waals surface area contributed by atoms with E-state index in [0.717, 1.165) is 29.3 Å². The number of aromatic nitrogens is 6. The van der Waals surface area contributed by atoms with Gasteiger partial charge in [-0.15, -0.1) is 0 Å². The van der Waals surface area contributed by atoms with E-state index in [1.165, 1.54) is 0 Å². The van der Waals surface area contributed by atoms with Gasteiger partial charge in [0.05, 0.1) is 16.7 Å². The topological polar surface area (TPSA) is 117 Å². The van der Waals surface area contributed by atoms with Crippen molar-refractivity contribution in [1.29, 1.82) is 5.26 Å². The molecule has 0 radical (unpaired) electrons. The van der Waals surface area contributed by atoms with E-state index in [-0.39, 0.29) is 11.7 Å². The number of aryl methyl sites for hydroxylation is 1. The Kier molecular flexibility index (Phi) is 5.02. The number of nitriles is 1. The van der Waals surface area contributed by atoms with Crippen molar-refractivity contribution in [3.63, 3.8) is 0 Å². The Bertz CT molecular complexity index is 1300. The molecule has 1 saturated heterocycles. The van der Waals surface area contributed by atoms with Gasteiger partial charge in [-0.2, -0.15) is 15.5 Å². The molecule has 0 unspecified atom stereocenters. The average Bonchev–Trinajstić information content (AvgIpc) is 3.43. The van der Waals surface area contributed by atoms with Crippen LogP contribution in [0.5, 0.6) is 0 Å². The molecule has 0 amide bonds. The van der Waals surface area contributed by atoms with E-state index in [9.17, 15) is 5.26 Å². The van der Waals surface area contributed by atoms with Gasteiger partial charge in [-0.25, -0.2) is 9.97 Å². The third-order valence-electron chi connectivity index (χ3n) is 5.29. The molecule has 0 spiro atoms. The van der Waals surface area contributed by atoms with Gasteiger partial charge in [0.25, 0.3) is 0 Å². The van der Waals surface area contributed by atoms with E-state index in [1.54, 1.807) is 16.9 Å². The number of ether oxygens (including phenoxy) is 1. The molecule has 1 aliphatic heterocycles. The van der Waals surface area contributed by atoms with Gasteiger partial charge in [-0.1, -0.05) is 11.6 Å². The van der Waals surface area contributed by atoms with Crippen LogP contribution in [0.3, 0.4) is 0 Å². The summed E-state index contributed by atoms with van der Waals surface area (Å²) in [7, 11) is 1.84. The predicted molar refractivity (Wildman–Crippen MR) is 117 cm³/mol. The highest BCUT2D eigenvalue weighted by Gasteiger charge is 2.22. The summed E-state index contributed by atoms with van der Waals surface area (Å²) in [5, 5.41) is 26.0. The lowest BCUT2D eigenvalue weighted by atomic mass is 10.1. The van der Waals surface area contributed by atoms with Crippen molar-refractivity contribution in [2.45, 2.75) is 18.9 Å². The monoisotopic (exact) mass is 434 g/mol. The number of benzene rings is 1. The van der Waals surface area contributed by atoms with E-state index >= 15 is 0 Å². The van der Waals surface area contributed by atoms with Crippen LogP contribution in [0.1, 0.15) is 18.5 Å². The number of fused-ring (bicyclic) bond motifs is 1. The molecule has 1 aliphatic rings. The number of rotatable bonds is 4. The van der Waals surface area contributed by atoms with E-state index in [0.29, 0.717) is 41.1 Å². The Morgan fingerprint density at radius 3 is 2.84 bits per heavy atom. The van der Waals surface area contributed by atoms with Gasteiger partial charge >= 0.3 is 0 Å². The predicted octanol–water partition coefficient (Wildman–Crippen LogP) is 3.54. The summed E-state index contributed by atoms with van der Waals surface area (Å²) in [6.45, 7) is 1.36. The Hall–Kier alpha value is -3.48. The number of aromatic amines is 1. The number of anilines is 1. The molecule has 0 bridgehead atoms. The van der Waals surface area contributed by atoms with Gasteiger partial charge < -0.3 is 10.1 Å². The summed E-state index contributed by atoms with van der Waals surface area (Å²) < 4.78 is 7.14. The Labute approximate surface area is 183 Å². The fourth-order valence-electron chi connectivity index (χ4n) is 3.72. The SMILES string of the molecule is Cn1ccc(-c2nc(NC3CCOCC3)c(C#N)nc2-c2cc(Cl)c3[nH]ncc3c2)n1. The van der Waals surface area contributed by atoms with Crippen LogP contribution in [-0.2, 0) is 11.8 Å². The second kappa shape index (κ2) is 7.98. The van der Waals surface area contributed by atoms with E-state index < -0.39 is 0 Å². The molecule has 0 aliphatic carbocycles. The zero-order valence-electron chi connectivity index (χ0n) is 16.8. The van der Waals surface area contributed by atoms with Gasteiger partial charge in [0.15, 0.2) is 11.5 Å². The van der Waals surface area contributed by atoms with Crippen LogP contribution in [0.25, 0.3) is 33.5 Å². The molecule has 0 saturated carbocycles. The van der Waals surface area contributed by atoms with Crippen molar-refractivity contribution in [3.8, 4) is 28.7 Å². The normalized spacial score (nSPS) is 14.6. The van der Waals surface area contributed by atoms with Gasteiger partial charge in [-0.05, 0) is 31.0 Å². The van der Waals surface area contributed by atoms with Gasteiger partial charge in [0, 0.05) is 43.4 Å². The van der Waals surface area contributed by atoms with Crippen molar-refractivity contribution in [1.82, 2.24) is 29.9 Å². The molecule has 2 N–H and O–H groups in total. The minimum atomic E-state index is 0.175. The summed E-state index contributed by atoms with van der Waals surface area (Å²) >= 11 is 6.46. The second-order valence-electron chi connectivity index (χ2n) is 7.43. The first-order chi connectivity index (χ1) is 15.1. The molecule has 5 rings (SSSR count). The fraction of sp³-hybridized carbons (Fsp3) is 0.286. The lowest BCUT2D eigenvalue weighted by molar-refractivity contribution is 0.0904. The number of nitrogens with zero attached hydrogens (tertiary/aromatic N) is 6. The van der Waals surface area contributed by atoms with E-state index in [4.69, 9.17) is 21.3 Å². The van der Waals surface area contributed by atoms with Crippen LogP contribution in [0.15, 0.2) is 30.6 Å². The first-order valence-electron chi connectivity index (χ1n) is 9.92. The zero-order valence-corrected chi connectivity index (χ0v) is 17.5. The summed E-state index contributed by atoms with van der Waals surface area (Å²) in [5.41, 5.74) is 3.49. The second-order valence-corrected chi connectivity index (χ2v) is 7.83. The fourth-order valence-corrected chi connectivity index (χ4v) is 3.99. The van der Waals surface area contributed by atoms with Gasteiger partial charge in [-0.3, -0.25) is 9.78 Å². The number of hydrogen-bond donors (Lipinski definition) is 2. The molecule has 31 heavy (non-hydrogen) atoms. The maximum Gasteiger partial charge on any atom is 0.183 e. The maximum atomic E-state index is 9.80. The third kappa shape index (κ3) is 3.71. The standard InChI is InChI=1S/C21H19ClN8O/c1-30-5-2-16(29-30)20-19(12-8-13-11-24-28-18(13)15(22)9-12)26-17(10-23)21(27-20)25-14-3-6-31-7-4-14/h2,5,8-9,11,14H,3-4,6-7H2,1H3,(H,24,28)(H,25,27). The average molecular weight is 435 g/mol. The van der Waals surface area contributed by atoms with Crippen LogP contribution >= 0.6 is 11.6 Å². The molecule has 4 heterocycles. The molecule has 0 atom stereocenters. The Morgan fingerprint density at radius 2 is 2.10 bits per heavy atom. The van der Waals surface area contributed by atoms with Crippen LogP contribution < -0.4 is 5.32 Å². The summed E-state index contributed by atoms with van der Waals surface area (Å²) in [6, 6.07) is 7.95. The molecule has 9 nitrogen and oxygen atoms in total. The zero-order chi connectivity index (χ0) is 21.4. The van der Waals surface area contributed by atoms with Crippen LogP contribution in [0.2, 0.25) is 5.02 Å². The smallest absolute Gasteiger partial charge is 0.183 e. The largest absolute Gasteiger partial charge is 0.381 e. The number of halogens is 1. The molecule has 1 fully saturated rings. The van der Waals surface area contributed by atoms with E-state index in [1.807, 2.05) is 25.4 Å². The van der Waals surface area contributed by atoms with Crippen LogP contribution in [-0.4, -0.2) is 49.2 Å². The van der Waals surface area contributed by atoms with Crippen molar-refractivity contribution < 1.29 is 4.74 Å².